The molecule has 0 spiro atoms. The molecule has 0 bridgehead atoms. The molecule has 0 aliphatic carbocycles. The molecule has 0 fully saturated rings. The molecule has 3 aromatic rings. The lowest BCUT2D eigenvalue weighted by Gasteiger charge is -2.29. The Morgan fingerprint density at radius 2 is 1.89 bits per heavy atom. The molecule has 1 heterocycles. The van der Waals surface area contributed by atoms with Crippen molar-refractivity contribution in [2.75, 3.05) is 5.32 Å². The van der Waals surface area contributed by atoms with Gasteiger partial charge in [-0.3, -0.25) is 9.59 Å². The molecule has 1 unspecified atom stereocenters. The third kappa shape index (κ3) is 4.84. The number of anilines is 1. The molecule has 0 saturated heterocycles. The average Bonchev–Trinajstić information content (AvgIpc) is 3.12. The molecule has 28 heavy (non-hydrogen) atoms. The van der Waals surface area contributed by atoms with Gasteiger partial charge in [-0.25, -0.2) is 4.98 Å². The number of thiazole rings is 1. The lowest BCUT2D eigenvalue weighted by atomic mass is 10.0. The molecular formula is C22H23N3O2S. The van der Waals surface area contributed by atoms with Crippen LogP contribution in [0.4, 0.5) is 5.69 Å². The van der Waals surface area contributed by atoms with Crippen LogP contribution in [0.5, 0.6) is 0 Å². The number of carbonyl (C=O) groups excluding carboxylic acids is 2. The van der Waals surface area contributed by atoms with E-state index in [1.807, 2.05) is 73.3 Å². The van der Waals surface area contributed by atoms with Gasteiger partial charge in [0.25, 0.3) is 5.91 Å². The highest BCUT2D eigenvalue weighted by atomic mass is 32.1. The number of amides is 2. The maximum Gasteiger partial charge on any atom is 0.274 e. The van der Waals surface area contributed by atoms with E-state index in [0.717, 1.165) is 16.1 Å². The summed E-state index contributed by atoms with van der Waals surface area (Å²) in [5.74, 6) is -0.231. The molecule has 2 aromatic carbocycles. The van der Waals surface area contributed by atoms with E-state index in [4.69, 9.17) is 0 Å². The molecule has 0 saturated carbocycles. The Morgan fingerprint density at radius 3 is 2.54 bits per heavy atom. The summed E-state index contributed by atoms with van der Waals surface area (Å²) in [7, 11) is 0. The largest absolute Gasteiger partial charge is 0.326 e. The molecule has 1 N–H and O–H groups in total. The fourth-order valence-corrected chi connectivity index (χ4v) is 3.62. The predicted molar refractivity (Wildman–Crippen MR) is 112 cm³/mol. The highest BCUT2D eigenvalue weighted by molar-refractivity contribution is 7.09. The molecule has 3 rings (SSSR count). The van der Waals surface area contributed by atoms with Gasteiger partial charge in [0.05, 0.1) is 11.0 Å². The van der Waals surface area contributed by atoms with Crippen LogP contribution < -0.4 is 5.32 Å². The topological polar surface area (TPSA) is 62.3 Å². The van der Waals surface area contributed by atoms with Crippen LogP contribution in [0.2, 0.25) is 0 Å². The number of hydrogen-bond donors (Lipinski definition) is 1. The third-order valence-electron chi connectivity index (χ3n) is 4.45. The average molecular weight is 394 g/mol. The van der Waals surface area contributed by atoms with Crippen molar-refractivity contribution in [1.29, 1.82) is 0 Å². The van der Waals surface area contributed by atoms with Gasteiger partial charge in [0.15, 0.2) is 0 Å². The summed E-state index contributed by atoms with van der Waals surface area (Å²) in [5, 5.41) is 5.47. The van der Waals surface area contributed by atoms with Gasteiger partial charge in [-0.05, 0) is 37.1 Å². The zero-order valence-corrected chi connectivity index (χ0v) is 17.0. The number of carbonyl (C=O) groups is 2. The molecule has 6 heteroatoms. The molecule has 0 aliphatic heterocycles. The van der Waals surface area contributed by atoms with Crippen LogP contribution in [-0.4, -0.2) is 21.7 Å². The van der Waals surface area contributed by atoms with Crippen LogP contribution in [0.15, 0.2) is 60.0 Å². The first-order chi connectivity index (χ1) is 13.4. The Bertz CT molecular complexity index is 969. The summed E-state index contributed by atoms with van der Waals surface area (Å²) < 4.78 is 0. The van der Waals surface area contributed by atoms with Gasteiger partial charge < -0.3 is 10.2 Å². The van der Waals surface area contributed by atoms with Gasteiger partial charge in [0.1, 0.15) is 5.69 Å². The first-order valence-electron chi connectivity index (χ1n) is 9.08. The summed E-state index contributed by atoms with van der Waals surface area (Å²) in [6.07, 6.45) is 0. The van der Waals surface area contributed by atoms with Gasteiger partial charge >= 0.3 is 0 Å². The van der Waals surface area contributed by atoms with E-state index in [9.17, 15) is 9.59 Å². The Balaban J connectivity index is 1.93. The second kappa shape index (κ2) is 8.80. The minimum absolute atomic E-state index is 0.106. The molecule has 0 radical (unpaired) electrons. The summed E-state index contributed by atoms with van der Waals surface area (Å²) in [6, 6.07) is 17.3. The van der Waals surface area contributed by atoms with Gasteiger partial charge in [0.2, 0.25) is 5.91 Å². The van der Waals surface area contributed by atoms with E-state index in [-0.39, 0.29) is 17.9 Å². The quantitative estimate of drug-likeness (QED) is 0.653. The van der Waals surface area contributed by atoms with E-state index in [1.165, 1.54) is 18.3 Å². The second-order valence-corrected chi connectivity index (χ2v) is 7.72. The molecule has 144 valence electrons. The normalized spacial score (nSPS) is 11.7. The summed E-state index contributed by atoms with van der Waals surface area (Å²) in [6.45, 7) is 5.84. The van der Waals surface area contributed by atoms with Gasteiger partial charge in [0, 0.05) is 24.5 Å². The monoisotopic (exact) mass is 393 g/mol. The van der Waals surface area contributed by atoms with Crippen LogP contribution in [0.1, 0.15) is 46.5 Å². The minimum atomic E-state index is -0.191. The number of nitrogens with one attached hydrogen (secondary N) is 1. The zero-order valence-electron chi connectivity index (χ0n) is 16.2. The van der Waals surface area contributed by atoms with E-state index in [1.54, 1.807) is 5.38 Å². The maximum atomic E-state index is 13.2. The van der Waals surface area contributed by atoms with Crippen LogP contribution in [0.25, 0.3) is 0 Å². The summed E-state index contributed by atoms with van der Waals surface area (Å²) in [4.78, 5) is 30.8. The van der Waals surface area contributed by atoms with Crippen molar-refractivity contribution >= 4 is 28.8 Å². The Labute approximate surface area is 169 Å². The predicted octanol–water partition coefficient (Wildman–Crippen LogP) is 4.81. The highest BCUT2D eigenvalue weighted by Gasteiger charge is 2.25. The number of aromatic nitrogens is 1. The van der Waals surface area contributed by atoms with Crippen molar-refractivity contribution in [2.45, 2.75) is 33.4 Å². The smallest absolute Gasteiger partial charge is 0.274 e. The van der Waals surface area contributed by atoms with Crippen molar-refractivity contribution in [3.8, 4) is 0 Å². The molecule has 1 atom stereocenters. The van der Waals surface area contributed by atoms with Crippen LogP contribution in [0.3, 0.4) is 0 Å². The highest BCUT2D eigenvalue weighted by Crippen LogP contribution is 2.27. The number of aryl methyl sites for hydroxylation is 1. The fraction of sp³-hybridized carbons (Fsp3) is 0.227. The van der Waals surface area contributed by atoms with Crippen molar-refractivity contribution in [3.63, 3.8) is 0 Å². The number of hydrogen-bond acceptors (Lipinski definition) is 4. The van der Waals surface area contributed by atoms with Crippen LogP contribution in [-0.2, 0) is 11.3 Å². The van der Waals surface area contributed by atoms with Crippen LogP contribution in [0, 0.1) is 6.92 Å². The molecule has 1 aromatic heterocycles. The Kier molecular flexibility index (Phi) is 6.21. The standard InChI is InChI=1S/C22H23N3O2S/c1-15(19-10-7-11-20(12-19)23-16(2)26)25(13-18-8-5-4-6-9-18)22(27)21-14-28-17(3)24-21/h4-12,14-15H,13H2,1-3H3,(H,23,26). The van der Waals surface area contributed by atoms with Crippen molar-refractivity contribution < 1.29 is 9.59 Å². The lowest BCUT2D eigenvalue weighted by Crippen LogP contribution is -2.33. The van der Waals surface area contributed by atoms with E-state index in [0.29, 0.717) is 17.9 Å². The maximum absolute atomic E-state index is 13.2. The molecule has 2 amide bonds. The van der Waals surface area contributed by atoms with Crippen molar-refractivity contribution in [2.24, 2.45) is 0 Å². The van der Waals surface area contributed by atoms with E-state index in [2.05, 4.69) is 10.3 Å². The third-order valence-corrected chi connectivity index (χ3v) is 5.23. The van der Waals surface area contributed by atoms with Gasteiger partial charge in [-0.2, -0.15) is 0 Å². The molecular weight excluding hydrogens is 370 g/mol. The first-order valence-corrected chi connectivity index (χ1v) is 9.96. The minimum Gasteiger partial charge on any atom is -0.326 e. The second-order valence-electron chi connectivity index (χ2n) is 6.65. The zero-order chi connectivity index (χ0) is 20.1. The summed E-state index contributed by atoms with van der Waals surface area (Å²) in [5.41, 5.74) is 3.17. The lowest BCUT2D eigenvalue weighted by molar-refractivity contribution is -0.114. The number of rotatable bonds is 6. The first kappa shape index (κ1) is 19.8. The fourth-order valence-electron chi connectivity index (χ4n) is 3.03. The number of benzene rings is 2. The Hall–Kier alpha value is -2.99. The Morgan fingerprint density at radius 1 is 1.14 bits per heavy atom. The SMILES string of the molecule is CC(=O)Nc1cccc(C(C)N(Cc2ccccc2)C(=O)c2csc(C)n2)c1. The van der Waals surface area contributed by atoms with E-state index >= 15 is 0 Å². The number of nitrogens with zero attached hydrogens (tertiary/aromatic N) is 2. The van der Waals surface area contributed by atoms with Crippen molar-refractivity contribution in [3.05, 3.63) is 81.8 Å². The van der Waals surface area contributed by atoms with Crippen LogP contribution >= 0.6 is 11.3 Å². The van der Waals surface area contributed by atoms with Crippen molar-refractivity contribution in [1.82, 2.24) is 9.88 Å². The van der Waals surface area contributed by atoms with Gasteiger partial charge in [-0.15, -0.1) is 11.3 Å². The van der Waals surface area contributed by atoms with Gasteiger partial charge in [-0.1, -0.05) is 42.5 Å². The molecule has 5 nitrogen and oxygen atoms in total. The molecule has 0 aliphatic rings. The van der Waals surface area contributed by atoms with E-state index < -0.39 is 0 Å². The summed E-state index contributed by atoms with van der Waals surface area (Å²) >= 11 is 1.47.